The number of aliphatic carboxylic acids is 2. The number of aromatic amines is 2. The van der Waals surface area contributed by atoms with Crippen LogP contribution in [0.5, 0.6) is 5.88 Å². The highest BCUT2D eigenvalue weighted by Gasteiger charge is 2.20. The number of amides is 1. The Balaban J connectivity index is 2.19. The molecule has 3 heterocycles. The Morgan fingerprint density at radius 2 is 1.56 bits per heavy atom. The van der Waals surface area contributed by atoms with Gasteiger partial charge in [-0.15, -0.1) is 0 Å². The fourth-order valence-corrected chi connectivity index (χ4v) is 4.03. The van der Waals surface area contributed by atoms with E-state index >= 15 is 0 Å². The average Bonchev–Trinajstić information content (AvgIpc) is 3.30. The maximum atomic E-state index is 12.1. The summed E-state index contributed by atoms with van der Waals surface area (Å²) < 4.78 is 0. The SMILES string of the molecule is C=CC1=C(C)C(/C=c2/[nH]/c(=C/c3[nH]c(O)c(C)c3CCC(=O)O)c(CCC(=O)O)c2C)=NC1=O. The largest absolute Gasteiger partial charge is 0.494 e. The van der Waals surface area contributed by atoms with Crippen LogP contribution < -0.4 is 10.7 Å². The first-order valence-electron chi connectivity index (χ1n) is 10.7. The molecule has 178 valence electrons. The second-order valence-electron chi connectivity index (χ2n) is 8.17. The number of aliphatic imine (C=N–C) groups is 1. The molecule has 1 aliphatic heterocycles. The number of hydrogen-bond acceptors (Lipinski definition) is 4. The lowest BCUT2D eigenvalue weighted by Gasteiger charge is -2.01. The van der Waals surface area contributed by atoms with Gasteiger partial charge in [-0.3, -0.25) is 14.4 Å². The molecule has 0 fully saturated rings. The van der Waals surface area contributed by atoms with Gasteiger partial charge in [0.2, 0.25) is 0 Å². The first-order chi connectivity index (χ1) is 16.0. The molecule has 2 aromatic rings. The van der Waals surface area contributed by atoms with E-state index in [-0.39, 0.29) is 37.5 Å². The van der Waals surface area contributed by atoms with Crippen LogP contribution in [-0.2, 0) is 27.2 Å². The summed E-state index contributed by atoms with van der Waals surface area (Å²) in [6.07, 6.45) is 5.25. The van der Waals surface area contributed by atoms with Crippen LogP contribution in [0.1, 0.15) is 47.7 Å². The predicted octanol–water partition coefficient (Wildman–Crippen LogP) is 1.79. The molecule has 0 radical (unpaired) electrons. The third-order valence-corrected chi connectivity index (χ3v) is 6.03. The third-order valence-electron chi connectivity index (χ3n) is 6.03. The molecule has 1 amide bonds. The van der Waals surface area contributed by atoms with Gasteiger partial charge in [0.15, 0.2) is 5.88 Å². The van der Waals surface area contributed by atoms with E-state index in [1.807, 2.05) is 6.92 Å². The molecule has 0 atom stereocenters. The molecule has 0 unspecified atom stereocenters. The number of allylic oxidation sites excluding steroid dienone is 1. The Kier molecular flexibility index (Phi) is 7.05. The average molecular weight is 466 g/mol. The van der Waals surface area contributed by atoms with Crippen molar-refractivity contribution in [3.63, 3.8) is 0 Å². The molecule has 9 heteroatoms. The van der Waals surface area contributed by atoms with Gasteiger partial charge in [0.1, 0.15) is 0 Å². The van der Waals surface area contributed by atoms with E-state index in [1.165, 1.54) is 6.08 Å². The molecular weight excluding hydrogens is 438 g/mol. The number of hydrogen-bond donors (Lipinski definition) is 5. The van der Waals surface area contributed by atoms with E-state index in [9.17, 15) is 24.6 Å². The minimum Gasteiger partial charge on any atom is -0.494 e. The van der Waals surface area contributed by atoms with Crippen LogP contribution in [0.2, 0.25) is 0 Å². The topological polar surface area (TPSA) is 156 Å². The van der Waals surface area contributed by atoms with Gasteiger partial charge < -0.3 is 25.3 Å². The molecule has 1 aliphatic rings. The van der Waals surface area contributed by atoms with Gasteiger partial charge in [0.25, 0.3) is 5.91 Å². The molecule has 5 N–H and O–H groups in total. The summed E-state index contributed by atoms with van der Waals surface area (Å²) in [6.45, 7) is 8.99. The Hall–Kier alpha value is -4.14. The van der Waals surface area contributed by atoms with Crippen LogP contribution in [0.25, 0.3) is 12.2 Å². The number of carbonyl (C=O) groups is 3. The van der Waals surface area contributed by atoms with E-state index in [2.05, 4.69) is 21.5 Å². The maximum Gasteiger partial charge on any atom is 0.303 e. The van der Waals surface area contributed by atoms with E-state index in [0.29, 0.717) is 44.4 Å². The van der Waals surface area contributed by atoms with Gasteiger partial charge in [0, 0.05) is 40.4 Å². The highest BCUT2D eigenvalue weighted by Crippen LogP contribution is 2.25. The number of carboxylic acid groups (broad SMARTS) is 2. The zero-order chi connectivity index (χ0) is 25.2. The second kappa shape index (κ2) is 9.78. The fraction of sp³-hybridized carbons (Fsp3) is 0.280. The van der Waals surface area contributed by atoms with Crippen LogP contribution >= 0.6 is 0 Å². The molecule has 0 saturated heterocycles. The molecular formula is C25H27N3O6. The number of nitrogens with one attached hydrogen (secondary N) is 2. The maximum absolute atomic E-state index is 12.1. The lowest BCUT2D eigenvalue weighted by molar-refractivity contribution is -0.138. The summed E-state index contributed by atoms with van der Waals surface area (Å²) in [5.74, 6) is -2.30. The van der Waals surface area contributed by atoms with Gasteiger partial charge >= 0.3 is 11.9 Å². The van der Waals surface area contributed by atoms with Gasteiger partial charge in [0.05, 0.1) is 5.71 Å². The Bertz CT molecular complexity index is 1380. The van der Waals surface area contributed by atoms with E-state index in [1.54, 1.807) is 26.0 Å². The minimum atomic E-state index is -0.949. The lowest BCUT2D eigenvalue weighted by Crippen LogP contribution is -2.14. The molecule has 0 spiro atoms. The summed E-state index contributed by atoms with van der Waals surface area (Å²) >= 11 is 0. The van der Waals surface area contributed by atoms with Crippen LogP contribution in [0.15, 0.2) is 28.8 Å². The number of rotatable bonds is 9. The Morgan fingerprint density at radius 3 is 2.12 bits per heavy atom. The molecule has 2 aromatic heterocycles. The third kappa shape index (κ3) is 4.93. The highest BCUT2D eigenvalue weighted by atomic mass is 16.4. The molecule has 9 nitrogen and oxygen atoms in total. The van der Waals surface area contributed by atoms with Gasteiger partial charge in [-0.05, 0) is 68.0 Å². The number of H-pyrrole nitrogens is 2. The van der Waals surface area contributed by atoms with Crippen molar-refractivity contribution in [2.24, 2.45) is 4.99 Å². The lowest BCUT2D eigenvalue weighted by atomic mass is 10.0. The first-order valence-corrected chi connectivity index (χ1v) is 10.7. The molecule has 0 bridgehead atoms. The van der Waals surface area contributed by atoms with Crippen molar-refractivity contribution in [3.8, 4) is 5.88 Å². The van der Waals surface area contributed by atoms with Gasteiger partial charge in [-0.1, -0.05) is 12.7 Å². The van der Waals surface area contributed by atoms with Crippen LogP contribution in [0, 0.1) is 13.8 Å². The van der Waals surface area contributed by atoms with Crippen LogP contribution in [0.4, 0.5) is 0 Å². The standard InChI is InChI=1S/C25H27N3O6/c1-5-15-12(2)19(27-25(15)34)10-18-13(3)16(6-8-22(29)30)20(26-18)11-21-17(7-9-23(31)32)14(4)24(33)28-21/h5,10-11,26,28,33H,1,6-9H2,2-4H3,(H,29,30)(H,31,32)/b18-10+,20-11+. The summed E-state index contributed by atoms with van der Waals surface area (Å²) in [5, 5.41) is 29.8. The number of aromatic hydroxyl groups is 1. The molecule has 34 heavy (non-hydrogen) atoms. The summed E-state index contributed by atoms with van der Waals surface area (Å²) in [6, 6.07) is 0. The van der Waals surface area contributed by atoms with Crippen molar-refractivity contribution >= 4 is 35.7 Å². The molecule has 3 rings (SSSR count). The van der Waals surface area contributed by atoms with Crippen molar-refractivity contribution in [2.45, 2.75) is 46.5 Å². The van der Waals surface area contributed by atoms with Crippen molar-refractivity contribution in [1.29, 1.82) is 0 Å². The highest BCUT2D eigenvalue weighted by molar-refractivity contribution is 6.31. The van der Waals surface area contributed by atoms with Crippen molar-refractivity contribution in [1.82, 2.24) is 9.97 Å². The van der Waals surface area contributed by atoms with Crippen molar-refractivity contribution in [3.05, 3.63) is 62.4 Å². The van der Waals surface area contributed by atoms with Gasteiger partial charge in [-0.2, -0.15) is 0 Å². The zero-order valence-electron chi connectivity index (χ0n) is 19.3. The first kappa shape index (κ1) is 24.5. The van der Waals surface area contributed by atoms with Crippen molar-refractivity contribution < 1.29 is 29.7 Å². The van der Waals surface area contributed by atoms with Crippen molar-refractivity contribution in [2.75, 3.05) is 0 Å². The quantitative estimate of drug-likeness (QED) is 0.380. The molecule has 0 aliphatic carbocycles. The Morgan fingerprint density at radius 1 is 0.941 bits per heavy atom. The van der Waals surface area contributed by atoms with E-state index in [0.717, 1.165) is 11.1 Å². The van der Waals surface area contributed by atoms with Gasteiger partial charge in [-0.25, -0.2) is 4.99 Å². The summed E-state index contributed by atoms with van der Waals surface area (Å²) in [5.41, 5.74) is 4.98. The zero-order valence-corrected chi connectivity index (χ0v) is 19.3. The number of aromatic nitrogens is 2. The Labute approximate surface area is 195 Å². The second-order valence-corrected chi connectivity index (χ2v) is 8.17. The monoisotopic (exact) mass is 465 g/mol. The molecule has 0 saturated carbocycles. The summed E-state index contributed by atoms with van der Waals surface area (Å²) in [7, 11) is 0. The number of nitrogens with zero attached hydrogens (tertiary/aromatic N) is 1. The fourth-order valence-electron chi connectivity index (χ4n) is 4.03. The number of carbonyl (C=O) groups excluding carboxylic acids is 1. The van der Waals surface area contributed by atoms with E-state index < -0.39 is 11.9 Å². The normalized spacial score (nSPS) is 14.8. The minimum absolute atomic E-state index is 0.0506. The van der Waals surface area contributed by atoms with E-state index in [4.69, 9.17) is 5.11 Å². The predicted molar refractivity (Wildman–Crippen MR) is 127 cm³/mol. The molecule has 0 aromatic carbocycles. The van der Waals surface area contributed by atoms with Crippen LogP contribution in [-0.4, -0.2) is 48.8 Å². The smallest absolute Gasteiger partial charge is 0.303 e. The summed E-state index contributed by atoms with van der Waals surface area (Å²) in [4.78, 5) is 44.6. The van der Waals surface area contributed by atoms with Crippen LogP contribution in [0.3, 0.4) is 0 Å². The number of carboxylic acids is 2.